The quantitative estimate of drug-likeness (QED) is 0.623. The molecule has 0 saturated heterocycles. The van der Waals surface area contributed by atoms with E-state index in [0.717, 1.165) is 29.8 Å². The van der Waals surface area contributed by atoms with Gasteiger partial charge in [-0.3, -0.25) is 0 Å². The van der Waals surface area contributed by atoms with E-state index < -0.39 is 0 Å². The number of nitrogens with one attached hydrogen (secondary N) is 1. The van der Waals surface area contributed by atoms with Crippen molar-refractivity contribution in [3.05, 3.63) is 59.2 Å². The van der Waals surface area contributed by atoms with E-state index in [1.165, 1.54) is 5.56 Å². The summed E-state index contributed by atoms with van der Waals surface area (Å²) in [6, 6.07) is 14.2. The summed E-state index contributed by atoms with van der Waals surface area (Å²) < 4.78 is 13.4. The van der Waals surface area contributed by atoms with Gasteiger partial charge in [0.25, 0.3) is 0 Å². The average Bonchev–Trinajstić information content (AvgIpc) is 3.13. The van der Waals surface area contributed by atoms with Crippen molar-refractivity contribution in [2.24, 2.45) is 0 Å². The molecular formula is C20H25N5O2. The van der Waals surface area contributed by atoms with Crippen molar-refractivity contribution >= 4 is 5.95 Å². The molecule has 3 aromatic rings. The van der Waals surface area contributed by atoms with Crippen molar-refractivity contribution < 1.29 is 9.47 Å². The minimum absolute atomic E-state index is 0.473. The predicted molar refractivity (Wildman–Crippen MR) is 104 cm³/mol. The van der Waals surface area contributed by atoms with E-state index in [4.69, 9.17) is 9.47 Å². The fourth-order valence-corrected chi connectivity index (χ4v) is 2.73. The molecule has 0 amide bonds. The summed E-state index contributed by atoms with van der Waals surface area (Å²) >= 11 is 0. The number of hydrogen-bond acceptors (Lipinski definition) is 6. The molecule has 1 aromatic heterocycles. The minimum atomic E-state index is 0.473. The van der Waals surface area contributed by atoms with Crippen LogP contribution >= 0.6 is 0 Å². The van der Waals surface area contributed by atoms with Gasteiger partial charge in [-0.2, -0.15) is 0 Å². The minimum Gasteiger partial charge on any atom is -0.493 e. The molecule has 27 heavy (non-hydrogen) atoms. The predicted octanol–water partition coefficient (Wildman–Crippen LogP) is 3.59. The van der Waals surface area contributed by atoms with Crippen LogP contribution in [0.1, 0.15) is 30.0 Å². The molecule has 0 fully saturated rings. The normalized spacial score (nSPS) is 10.6. The van der Waals surface area contributed by atoms with E-state index in [9.17, 15) is 0 Å². The molecule has 3 rings (SSSR count). The first-order valence-corrected chi connectivity index (χ1v) is 9.05. The van der Waals surface area contributed by atoms with Gasteiger partial charge in [-0.25, -0.2) is 4.68 Å². The monoisotopic (exact) mass is 367 g/mol. The molecule has 1 heterocycles. The largest absolute Gasteiger partial charge is 0.493 e. The molecule has 0 aliphatic heterocycles. The Hall–Kier alpha value is -3.09. The van der Waals surface area contributed by atoms with Gasteiger partial charge in [-0.05, 0) is 35.4 Å². The van der Waals surface area contributed by atoms with Gasteiger partial charge in [0.1, 0.15) is 6.61 Å². The third-order valence-electron chi connectivity index (χ3n) is 4.19. The van der Waals surface area contributed by atoms with Crippen LogP contribution in [0.2, 0.25) is 0 Å². The van der Waals surface area contributed by atoms with Crippen molar-refractivity contribution in [2.75, 3.05) is 12.4 Å². The van der Waals surface area contributed by atoms with Crippen LogP contribution in [0.4, 0.5) is 5.95 Å². The summed E-state index contributed by atoms with van der Waals surface area (Å²) in [5.41, 5.74) is 3.32. The topological polar surface area (TPSA) is 74.1 Å². The average molecular weight is 367 g/mol. The second-order valence-corrected chi connectivity index (χ2v) is 6.30. The Kier molecular flexibility index (Phi) is 6.25. The van der Waals surface area contributed by atoms with Crippen LogP contribution in [-0.4, -0.2) is 27.3 Å². The maximum Gasteiger partial charge on any atom is 0.243 e. The molecular weight excluding hydrogens is 342 g/mol. The lowest BCUT2D eigenvalue weighted by molar-refractivity contribution is 0.281. The number of aryl methyl sites for hydroxylation is 2. The van der Waals surface area contributed by atoms with Gasteiger partial charge in [0.15, 0.2) is 11.5 Å². The van der Waals surface area contributed by atoms with Crippen molar-refractivity contribution in [1.29, 1.82) is 0 Å². The molecule has 0 unspecified atom stereocenters. The number of rotatable bonds is 9. The molecule has 142 valence electrons. The lowest BCUT2D eigenvalue weighted by Crippen LogP contribution is -2.10. The second-order valence-electron chi connectivity index (χ2n) is 6.30. The van der Waals surface area contributed by atoms with Crippen LogP contribution in [0.5, 0.6) is 11.5 Å². The van der Waals surface area contributed by atoms with E-state index in [2.05, 4.69) is 59.0 Å². The summed E-state index contributed by atoms with van der Waals surface area (Å²) in [7, 11) is 1.65. The second kappa shape index (κ2) is 9.02. The highest BCUT2D eigenvalue weighted by atomic mass is 16.5. The molecule has 2 aromatic carbocycles. The first-order valence-electron chi connectivity index (χ1n) is 9.05. The van der Waals surface area contributed by atoms with Crippen LogP contribution in [0.3, 0.4) is 0 Å². The Morgan fingerprint density at radius 3 is 2.67 bits per heavy atom. The number of para-hydroxylation sites is 1. The lowest BCUT2D eigenvalue weighted by Gasteiger charge is -2.16. The Labute approximate surface area is 159 Å². The van der Waals surface area contributed by atoms with Crippen molar-refractivity contribution in [1.82, 2.24) is 20.2 Å². The van der Waals surface area contributed by atoms with E-state index >= 15 is 0 Å². The van der Waals surface area contributed by atoms with Gasteiger partial charge < -0.3 is 14.8 Å². The zero-order valence-corrected chi connectivity index (χ0v) is 16.0. The van der Waals surface area contributed by atoms with Crippen LogP contribution < -0.4 is 14.8 Å². The number of methoxy groups -OCH3 is 1. The van der Waals surface area contributed by atoms with Crippen molar-refractivity contribution in [3.63, 3.8) is 0 Å². The zero-order chi connectivity index (χ0) is 19.1. The third kappa shape index (κ3) is 4.75. The first-order chi connectivity index (χ1) is 13.2. The van der Waals surface area contributed by atoms with Gasteiger partial charge >= 0.3 is 0 Å². The molecule has 0 aliphatic rings. The van der Waals surface area contributed by atoms with Gasteiger partial charge in [-0.15, -0.1) is 0 Å². The van der Waals surface area contributed by atoms with Gasteiger partial charge in [-0.1, -0.05) is 54.0 Å². The maximum atomic E-state index is 6.11. The number of benzene rings is 2. The maximum absolute atomic E-state index is 6.11. The number of hydrogen-bond donors (Lipinski definition) is 1. The Bertz CT molecular complexity index is 861. The Morgan fingerprint density at radius 2 is 1.93 bits per heavy atom. The molecule has 0 bridgehead atoms. The van der Waals surface area contributed by atoms with E-state index in [0.29, 0.717) is 24.8 Å². The Morgan fingerprint density at radius 1 is 1.11 bits per heavy atom. The van der Waals surface area contributed by atoms with Crippen LogP contribution in [0.25, 0.3) is 0 Å². The van der Waals surface area contributed by atoms with E-state index in [-0.39, 0.29) is 0 Å². The van der Waals surface area contributed by atoms with Crippen molar-refractivity contribution in [2.45, 2.75) is 40.0 Å². The van der Waals surface area contributed by atoms with Crippen LogP contribution in [0, 0.1) is 6.92 Å². The molecule has 7 nitrogen and oxygen atoms in total. The van der Waals surface area contributed by atoms with E-state index in [1.807, 2.05) is 18.2 Å². The number of nitrogens with zero attached hydrogens (tertiary/aromatic N) is 4. The Balaban J connectivity index is 1.74. The number of ether oxygens (including phenoxy) is 2. The number of aromatic nitrogens is 4. The highest BCUT2D eigenvalue weighted by Crippen LogP contribution is 2.32. The van der Waals surface area contributed by atoms with Gasteiger partial charge in [0.05, 0.1) is 7.11 Å². The summed E-state index contributed by atoms with van der Waals surface area (Å²) in [5.74, 6) is 2.07. The zero-order valence-electron chi connectivity index (χ0n) is 16.0. The summed E-state index contributed by atoms with van der Waals surface area (Å²) in [5, 5.41) is 15.1. The summed E-state index contributed by atoms with van der Waals surface area (Å²) in [4.78, 5) is 0. The van der Waals surface area contributed by atoms with Gasteiger partial charge in [0, 0.05) is 18.7 Å². The van der Waals surface area contributed by atoms with E-state index in [1.54, 1.807) is 11.8 Å². The molecule has 0 atom stereocenters. The van der Waals surface area contributed by atoms with Crippen molar-refractivity contribution in [3.8, 4) is 11.5 Å². The smallest absolute Gasteiger partial charge is 0.243 e. The number of anilines is 1. The summed E-state index contributed by atoms with van der Waals surface area (Å²) in [6.07, 6.45) is 0.962. The molecule has 0 saturated carbocycles. The lowest BCUT2D eigenvalue weighted by atomic mass is 10.1. The third-order valence-corrected chi connectivity index (χ3v) is 4.19. The fourth-order valence-electron chi connectivity index (χ4n) is 2.73. The molecule has 7 heteroatoms. The molecule has 0 aliphatic carbocycles. The molecule has 0 spiro atoms. The summed E-state index contributed by atoms with van der Waals surface area (Å²) in [6.45, 7) is 5.93. The highest BCUT2D eigenvalue weighted by Gasteiger charge is 2.12. The van der Waals surface area contributed by atoms with Gasteiger partial charge in [0.2, 0.25) is 5.95 Å². The highest BCUT2D eigenvalue weighted by molar-refractivity contribution is 5.48. The standard InChI is InChI=1S/C20H25N5O2/c1-4-12-25-20(22-23-24-25)21-13-17-6-5-7-18(26-3)19(17)27-14-16-10-8-15(2)9-11-16/h5-11H,4,12-14H2,1-3H3,(H,21,22,24). The molecule has 1 N–H and O–H groups in total. The molecule has 0 radical (unpaired) electrons. The van der Waals surface area contributed by atoms with Crippen LogP contribution in [-0.2, 0) is 19.7 Å². The SMILES string of the molecule is CCCn1nnnc1NCc1cccc(OC)c1OCc1ccc(C)cc1. The fraction of sp³-hybridized carbons (Fsp3) is 0.350. The first kappa shape index (κ1) is 18.7. The van der Waals surface area contributed by atoms with Crippen LogP contribution in [0.15, 0.2) is 42.5 Å². The number of tetrazole rings is 1.